The second kappa shape index (κ2) is 5.33. The van der Waals surface area contributed by atoms with Crippen molar-refractivity contribution in [3.05, 3.63) is 60.8 Å². The van der Waals surface area contributed by atoms with Crippen LogP contribution in [0.2, 0.25) is 0 Å². The van der Waals surface area contributed by atoms with Crippen LogP contribution in [0, 0.1) is 0 Å². The molecule has 19 heavy (non-hydrogen) atoms. The molecule has 0 saturated heterocycles. The summed E-state index contributed by atoms with van der Waals surface area (Å²) in [6.45, 7) is 0. The Balaban J connectivity index is 1.87. The summed E-state index contributed by atoms with van der Waals surface area (Å²) < 4.78 is 5.16. The van der Waals surface area contributed by atoms with Gasteiger partial charge in [0.2, 0.25) is 0 Å². The Morgan fingerprint density at radius 1 is 0.947 bits per heavy atom. The number of ether oxygens (including phenoxy) is 1. The van der Waals surface area contributed by atoms with Crippen LogP contribution < -0.4 is 4.74 Å². The molecule has 0 aliphatic carbocycles. The fourth-order valence-electron chi connectivity index (χ4n) is 1.89. The van der Waals surface area contributed by atoms with Crippen LogP contribution in [-0.2, 0) is 0 Å². The van der Waals surface area contributed by atoms with Crippen molar-refractivity contribution in [1.29, 1.82) is 0 Å². The van der Waals surface area contributed by atoms with Crippen molar-refractivity contribution in [3.8, 4) is 5.75 Å². The fourth-order valence-corrected chi connectivity index (χ4v) is 2.72. The molecule has 2 aromatic carbocycles. The number of hydrogen-bond acceptors (Lipinski definition) is 3. The van der Waals surface area contributed by atoms with Gasteiger partial charge in [-0.05, 0) is 36.4 Å². The van der Waals surface area contributed by atoms with Crippen LogP contribution >= 0.6 is 11.8 Å². The molecule has 0 saturated carbocycles. The number of fused-ring (bicyclic) bond motifs is 1. The molecule has 1 heterocycles. The van der Waals surface area contributed by atoms with E-state index in [4.69, 9.17) is 4.74 Å². The summed E-state index contributed by atoms with van der Waals surface area (Å²) in [6.07, 6.45) is 1.91. The molecule has 0 aliphatic heterocycles. The molecule has 94 valence electrons. The summed E-state index contributed by atoms with van der Waals surface area (Å²) in [5.74, 6) is 0.876. The minimum absolute atomic E-state index is 0.876. The zero-order chi connectivity index (χ0) is 13.1. The topological polar surface area (TPSA) is 22.1 Å². The standard InChI is InChI=1S/C16H13NOS/c1-18-13-6-8-14(9-7-13)19-15-10-12-4-2-3-5-16(12)17-11-15/h2-11H,1H3. The van der Waals surface area contributed by atoms with Crippen molar-refractivity contribution >= 4 is 22.7 Å². The third kappa shape index (κ3) is 2.71. The Kier molecular flexibility index (Phi) is 3.38. The Morgan fingerprint density at radius 2 is 1.74 bits per heavy atom. The largest absolute Gasteiger partial charge is 0.497 e. The van der Waals surface area contributed by atoms with E-state index in [9.17, 15) is 0 Å². The van der Waals surface area contributed by atoms with E-state index in [-0.39, 0.29) is 0 Å². The van der Waals surface area contributed by atoms with Gasteiger partial charge in [-0.2, -0.15) is 0 Å². The molecule has 0 radical (unpaired) electrons. The highest BCUT2D eigenvalue weighted by Gasteiger charge is 2.00. The van der Waals surface area contributed by atoms with Crippen molar-refractivity contribution in [2.45, 2.75) is 9.79 Å². The first-order chi connectivity index (χ1) is 9.35. The maximum Gasteiger partial charge on any atom is 0.118 e. The van der Waals surface area contributed by atoms with Crippen LogP contribution in [0.4, 0.5) is 0 Å². The van der Waals surface area contributed by atoms with Crippen molar-refractivity contribution in [2.24, 2.45) is 0 Å². The van der Waals surface area contributed by atoms with Gasteiger partial charge in [-0.15, -0.1) is 0 Å². The quantitative estimate of drug-likeness (QED) is 0.702. The average molecular weight is 267 g/mol. The minimum Gasteiger partial charge on any atom is -0.497 e. The highest BCUT2D eigenvalue weighted by molar-refractivity contribution is 7.99. The molecule has 3 heteroatoms. The number of para-hydroxylation sites is 1. The molecule has 3 rings (SSSR count). The molecule has 0 amide bonds. The number of rotatable bonds is 3. The van der Waals surface area contributed by atoms with Gasteiger partial charge in [-0.3, -0.25) is 4.98 Å². The molecule has 0 aliphatic rings. The Hall–Kier alpha value is -2.00. The fraction of sp³-hybridized carbons (Fsp3) is 0.0625. The van der Waals surface area contributed by atoms with Crippen molar-refractivity contribution < 1.29 is 4.74 Å². The highest BCUT2D eigenvalue weighted by Crippen LogP contribution is 2.30. The maximum atomic E-state index is 5.16. The molecule has 0 fully saturated rings. The number of aromatic nitrogens is 1. The summed E-state index contributed by atoms with van der Waals surface area (Å²) in [6, 6.07) is 18.4. The van der Waals surface area contributed by atoms with Gasteiger partial charge in [0.15, 0.2) is 0 Å². The van der Waals surface area contributed by atoms with Gasteiger partial charge in [0, 0.05) is 21.4 Å². The van der Waals surface area contributed by atoms with Crippen LogP contribution in [0.5, 0.6) is 5.75 Å². The van der Waals surface area contributed by atoms with E-state index < -0.39 is 0 Å². The first kappa shape index (κ1) is 12.1. The number of pyridine rings is 1. The van der Waals surface area contributed by atoms with E-state index in [1.165, 1.54) is 10.3 Å². The summed E-state index contributed by atoms with van der Waals surface area (Å²) in [4.78, 5) is 6.79. The third-order valence-corrected chi connectivity index (χ3v) is 3.83. The molecule has 0 spiro atoms. The monoisotopic (exact) mass is 267 g/mol. The zero-order valence-electron chi connectivity index (χ0n) is 10.5. The molecular formula is C16H13NOS. The van der Waals surface area contributed by atoms with Crippen LogP contribution in [0.1, 0.15) is 0 Å². The second-order valence-electron chi connectivity index (χ2n) is 4.14. The molecule has 2 nitrogen and oxygen atoms in total. The van der Waals surface area contributed by atoms with Gasteiger partial charge in [0.05, 0.1) is 12.6 Å². The number of nitrogens with zero attached hydrogens (tertiary/aromatic N) is 1. The van der Waals surface area contributed by atoms with Gasteiger partial charge in [-0.1, -0.05) is 30.0 Å². The van der Waals surface area contributed by atoms with Gasteiger partial charge in [0.1, 0.15) is 5.75 Å². The second-order valence-corrected chi connectivity index (χ2v) is 5.29. The molecule has 0 atom stereocenters. The van der Waals surface area contributed by atoms with E-state index in [0.717, 1.165) is 16.2 Å². The molecule has 0 unspecified atom stereocenters. The summed E-state index contributed by atoms with van der Waals surface area (Å²) in [5.41, 5.74) is 1.03. The maximum absolute atomic E-state index is 5.16. The Labute approximate surface area is 116 Å². The first-order valence-corrected chi connectivity index (χ1v) is 6.83. The smallest absolute Gasteiger partial charge is 0.118 e. The van der Waals surface area contributed by atoms with E-state index in [0.29, 0.717) is 0 Å². The van der Waals surface area contributed by atoms with E-state index in [1.54, 1.807) is 18.9 Å². The van der Waals surface area contributed by atoms with Crippen molar-refractivity contribution in [1.82, 2.24) is 4.98 Å². The van der Waals surface area contributed by atoms with Gasteiger partial charge in [0.25, 0.3) is 0 Å². The summed E-state index contributed by atoms with van der Waals surface area (Å²) in [7, 11) is 1.68. The normalized spacial score (nSPS) is 10.6. The zero-order valence-corrected chi connectivity index (χ0v) is 11.4. The van der Waals surface area contributed by atoms with Crippen LogP contribution in [0.3, 0.4) is 0 Å². The number of benzene rings is 2. The lowest BCUT2D eigenvalue weighted by Crippen LogP contribution is -1.82. The van der Waals surface area contributed by atoms with E-state index in [1.807, 2.05) is 36.5 Å². The molecule has 0 bridgehead atoms. The lowest BCUT2D eigenvalue weighted by molar-refractivity contribution is 0.414. The lowest BCUT2D eigenvalue weighted by atomic mass is 10.2. The van der Waals surface area contributed by atoms with Gasteiger partial charge < -0.3 is 4.74 Å². The van der Waals surface area contributed by atoms with E-state index in [2.05, 4.69) is 29.2 Å². The first-order valence-electron chi connectivity index (χ1n) is 6.02. The van der Waals surface area contributed by atoms with Gasteiger partial charge in [-0.25, -0.2) is 0 Å². The van der Waals surface area contributed by atoms with Gasteiger partial charge >= 0.3 is 0 Å². The summed E-state index contributed by atoms with van der Waals surface area (Å²) in [5, 5.41) is 1.17. The van der Waals surface area contributed by atoms with Crippen molar-refractivity contribution in [3.63, 3.8) is 0 Å². The average Bonchev–Trinajstić information content (AvgIpc) is 2.48. The predicted octanol–water partition coefficient (Wildman–Crippen LogP) is 4.39. The predicted molar refractivity (Wildman–Crippen MR) is 78.9 cm³/mol. The lowest BCUT2D eigenvalue weighted by Gasteiger charge is -2.04. The molecule has 3 aromatic rings. The van der Waals surface area contributed by atoms with Crippen molar-refractivity contribution in [2.75, 3.05) is 7.11 Å². The summed E-state index contributed by atoms with van der Waals surface area (Å²) >= 11 is 1.70. The molecule has 1 aromatic heterocycles. The van der Waals surface area contributed by atoms with E-state index >= 15 is 0 Å². The van der Waals surface area contributed by atoms with Crippen LogP contribution in [0.15, 0.2) is 70.6 Å². The SMILES string of the molecule is COc1ccc(Sc2cnc3ccccc3c2)cc1. The molecule has 0 N–H and O–H groups in total. The minimum atomic E-state index is 0.876. The molecular weight excluding hydrogens is 254 g/mol. The van der Waals surface area contributed by atoms with Crippen LogP contribution in [0.25, 0.3) is 10.9 Å². The highest BCUT2D eigenvalue weighted by atomic mass is 32.2. The Bertz CT molecular complexity index is 694. The number of methoxy groups -OCH3 is 1. The number of hydrogen-bond donors (Lipinski definition) is 0. The third-order valence-electron chi connectivity index (χ3n) is 2.86. The Morgan fingerprint density at radius 3 is 2.53 bits per heavy atom. The van der Waals surface area contributed by atoms with Crippen LogP contribution in [-0.4, -0.2) is 12.1 Å².